The average Bonchev–Trinajstić information content (AvgIpc) is 3.00. The van der Waals surface area contributed by atoms with Crippen molar-refractivity contribution < 1.29 is 0 Å². The first-order valence-corrected chi connectivity index (χ1v) is 6.70. The van der Waals surface area contributed by atoms with Crippen LogP contribution in [0.25, 0.3) is 0 Å². The zero-order valence-electron chi connectivity index (χ0n) is 11.5. The largest absolute Gasteiger partial charge is 0.322 e. The first-order chi connectivity index (χ1) is 9.83. The highest BCUT2D eigenvalue weighted by atomic mass is 15.3. The number of aryl methyl sites for hydroxylation is 1. The van der Waals surface area contributed by atoms with Crippen LogP contribution in [0.15, 0.2) is 66.9 Å². The van der Waals surface area contributed by atoms with Crippen LogP contribution in [0.3, 0.4) is 0 Å². The molecule has 0 radical (unpaired) electrons. The van der Waals surface area contributed by atoms with Gasteiger partial charge in [0.2, 0.25) is 0 Å². The van der Waals surface area contributed by atoms with Gasteiger partial charge in [-0.25, -0.2) is 0 Å². The molecule has 3 nitrogen and oxygen atoms in total. The van der Waals surface area contributed by atoms with E-state index in [1.54, 1.807) is 6.20 Å². The minimum atomic E-state index is 0.812. The zero-order chi connectivity index (χ0) is 13.8. The van der Waals surface area contributed by atoms with Gasteiger partial charge >= 0.3 is 0 Å². The van der Waals surface area contributed by atoms with Crippen molar-refractivity contribution in [2.75, 3.05) is 4.90 Å². The van der Waals surface area contributed by atoms with E-state index >= 15 is 0 Å². The SMILES string of the molecule is Cc1cccc(N(Cc2ccccc2)c2ccn[nH]2)c1. The highest BCUT2D eigenvalue weighted by Gasteiger charge is 2.11. The Morgan fingerprint density at radius 3 is 2.55 bits per heavy atom. The van der Waals surface area contributed by atoms with E-state index in [4.69, 9.17) is 0 Å². The number of nitrogens with zero attached hydrogens (tertiary/aromatic N) is 2. The number of benzene rings is 2. The number of aromatic amines is 1. The molecule has 100 valence electrons. The molecule has 0 aliphatic carbocycles. The summed E-state index contributed by atoms with van der Waals surface area (Å²) < 4.78 is 0. The molecule has 0 saturated heterocycles. The van der Waals surface area contributed by atoms with Crippen LogP contribution in [0.1, 0.15) is 11.1 Å². The lowest BCUT2D eigenvalue weighted by atomic mass is 10.1. The summed E-state index contributed by atoms with van der Waals surface area (Å²) in [6.07, 6.45) is 1.78. The number of aromatic nitrogens is 2. The van der Waals surface area contributed by atoms with Crippen LogP contribution in [0.2, 0.25) is 0 Å². The van der Waals surface area contributed by atoms with Gasteiger partial charge in [-0.2, -0.15) is 5.10 Å². The van der Waals surface area contributed by atoms with E-state index in [2.05, 4.69) is 70.6 Å². The minimum absolute atomic E-state index is 0.812. The quantitative estimate of drug-likeness (QED) is 0.770. The van der Waals surface area contributed by atoms with E-state index in [9.17, 15) is 0 Å². The normalized spacial score (nSPS) is 10.4. The van der Waals surface area contributed by atoms with E-state index in [0.717, 1.165) is 18.1 Å². The Balaban J connectivity index is 1.97. The van der Waals surface area contributed by atoms with Crippen molar-refractivity contribution in [2.24, 2.45) is 0 Å². The number of anilines is 2. The predicted octanol–water partition coefficient (Wildman–Crippen LogP) is 4.06. The van der Waals surface area contributed by atoms with Gasteiger partial charge in [0.25, 0.3) is 0 Å². The van der Waals surface area contributed by atoms with Gasteiger partial charge in [-0.15, -0.1) is 0 Å². The Bertz CT molecular complexity index is 660. The van der Waals surface area contributed by atoms with Gasteiger partial charge in [0.15, 0.2) is 0 Å². The smallest absolute Gasteiger partial charge is 0.128 e. The Kier molecular flexibility index (Phi) is 3.50. The molecule has 0 amide bonds. The van der Waals surface area contributed by atoms with E-state index in [0.29, 0.717) is 0 Å². The zero-order valence-corrected chi connectivity index (χ0v) is 11.5. The summed E-state index contributed by atoms with van der Waals surface area (Å²) in [6, 6.07) is 20.9. The molecule has 20 heavy (non-hydrogen) atoms. The first kappa shape index (κ1) is 12.5. The Hall–Kier alpha value is -2.55. The topological polar surface area (TPSA) is 31.9 Å². The third kappa shape index (κ3) is 2.72. The van der Waals surface area contributed by atoms with Crippen LogP contribution >= 0.6 is 0 Å². The summed E-state index contributed by atoms with van der Waals surface area (Å²) in [5.41, 5.74) is 3.68. The second-order valence-corrected chi connectivity index (χ2v) is 4.85. The fraction of sp³-hybridized carbons (Fsp3) is 0.118. The standard InChI is InChI=1S/C17H17N3/c1-14-6-5-9-16(12-14)20(17-10-11-18-19-17)13-15-7-3-2-4-8-15/h2-12H,13H2,1H3,(H,18,19). The van der Waals surface area contributed by atoms with Gasteiger partial charge in [0.05, 0.1) is 6.20 Å². The van der Waals surface area contributed by atoms with Gasteiger partial charge in [-0.1, -0.05) is 42.5 Å². The van der Waals surface area contributed by atoms with Crippen molar-refractivity contribution in [3.8, 4) is 0 Å². The molecule has 1 N–H and O–H groups in total. The lowest BCUT2D eigenvalue weighted by Crippen LogP contribution is -2.16. The molecule has 0 aliphatic heterocycles. The van der Waals surface area contributed by atoms with Crippen LogP contribution in [0, 0.1) is 6.92 Å². The molecule has 0 unspecified atom stereocenters. The predicted molar refractivity (Wildman–Crippen MR) is 82.1 cm³/mol. The lowest BCUT2D eigenvalue weighted by molar-refractivity contribution is 0.930. The number of H-pyrrole nitrogens is 1. The summed E-state index contributed by atoms with van der Waals surface area (Å²) in [6.45, 7) is 2.92. The molecule has 3 rings (SSSR count). The van der Waals surface area contributed by atoms with E-state index in [-0.39, 0.29) is 0 Å². The van der Waals surface area contributed by atoms with Crippen LogP contribution in [0.5, 0.6) is 0 Å². The monoisotopic (exact) mass is 263 g/mol. The van der Waals surface area contributed by atoms with Gasteiger partial charge < -0.3 is 4.90 Å². The summed E-state index contributed by atoms with van der Waals surface area (Å²) in [5, 5.41) is 7.12. The van der Waals surface area contributed by atoms with Gasteiger partial charge in [0.1, 0.15) is 5.82 Å². The number of rotatable bonds is 4. The molecule has 2 aromatic carbocycles. The molecule has 1 aromatic heterocycles. The molecule has 0 spiro atoms. The van der Waals surface area contributed by atoms with Crippen molar-refractivity contribution >= 4 is 11.5 Å². The summed E-state index contributed by atoms with van der Waals surface area (Å²) in [7, 11) is 0. The fourth-order valence-electron chi connectivity index (χ4n) is 2.28. The molecule has 0 saturated carbocycles. The molecular weight excluding hydrogens is 246 g/mol. The number of hydrogen-bond acceptors (Lipinski definition) is 2. The molecule has 0 atom stereocenters. The first-order valence-electron chi connectivity index (χ1n) is 6.70. The summed E-state index contributed by atoms with van der Waals surface area (Å²) >= 11 is 0. The maximum atomic E-state index is 4.07. The molecular formula is C17H17N3. The molecule has 3 heteroatoms. The van der Waals surface area contributed by atoms with Crippen LogP contribution in [-0.4, -0.2) is 10.2 Å². The molecule has 1 heterocycles. The minimum Gasteiger partial charge on any atom is -0.322 e. The van der Waals surface area contributed by atoms with Crippen molar-refractivity contribution in [1.29, 1.82) is 0 Å². The third-order valence-electron chi connectivity index (χ3n) is 3.27. The van der Waals surface area contributed by atoms with Gasteiger partial charge in [0, 0.05) is 18.3 Å². The molecule has 0 fully saturated rings. The van der Waals surface area contributed by atoms with Crippen LogP contribution in [-0.2, 0) is 6.54 Å². The van der Waals surface area contributed by atoms with E-state index in [1.807, 2.05) is 12.1 Å². The maximum absolute atomic E-state index is 4.07. The molecule has 3 aromatic rings. The second kappa shape index (κ2) is 5.61. The lowest BCUT2D eigenvalue weighted by Gasteiger charge is -2.23. The van der Waals surface area contributed by atoms with Crippen LogP contribution < -0.4 is 4.90 Å². The Morgan fingerprint density at radius 2 is 1.85 bits per heavy atom. The van der Waals surface area contributed by atoms with Crippen LogP contribution in [0.4, 0.5) is 11.5 Å². The van der Waals surface area contributed by atoms with E-state index < -0.39 is 0 Å². The van der Waals surface area contributed by atoms with Gasteiger partial charge in [-0.05, 0) is 30.2 Å². The second-order valence-electron chi connectivity index (χ2n) is 4.85. The third-order valence-corrected chi connectivity index (χ3v) is 3.27. The molecule has 0 aliphatic rings. The molecule has 0 bridgehead atoms. The van der Waals surface area contributed by atoms with Crippen molar-refractivity contribution in [2.45, 2.75) is 13.5 Å². The highest BCUT2D eigenvalue weighted by molar-refractivity contribution is 5.60. The highest BCUT2D eigenvalue weighted by Crippen LogP contribution is 2.26. The van der Waals surface area contributed by atoms with E-state index in [1.165, 1.54) is 11.1 Å². The fourth-order valence-corrected chi connectivity index (χ4v) is 2.28. The van der Waals surface area contributed by atoms with Crippen molar-refractivity contribution in [3.63, 3.8) is 0 Å². The Labute approximate surface area is 118 Å². The van der Waals surface area contributed by atoms with Crippen molar-refractivity contribution in [3.05, 3.63) is 78.0 Å². The summed E-state index contributed by atoms with van der Waals surface area (Å²) in [5.74, 6) is 0.999. The number of hydrogen-bond donors (Lipinski definition) is 1. The van der Waals surface area contributed by atoms with Gasteiger partial charge in [-0.3, -0.25) is 5.10 Å². The average molecular weight is 263 g/mol. The Morgan fingerprint density at radius 1 is 1.00 bits per heavy atom. The number of nitrogens with one attached hydrogen (secondary N) is 1. The van der Waals surface area contributed by atoms with Crippen molar-refractivity contribution in [1.82, 2.24) is 10.2 Å². The maximum Gasteiger partial charge on any atom is 0.128 e. The summed E-state index contributed by atoms with van der Waals surface area (Å²) in [4.78, 5) is 2.23.